The summed E-state index contributed by atoms with van der Waals surface area (Å²) in [4.78, 5) is 11.0. The highest BCUT2D eigenvalue weighted by molar-refractivity contribution is 5.98. The first-order valence-corrected chi connectivity index (χ1v) is 7.66. The molecule has 3 N–H and O–H groups in total. The van der Waals surface area contributed by atoms with Crippen LogP contribution in [0.25, 0.3) is 22.2 Å². The summed E-state index contributed by atoms with van der Waals surface area (Å²) in [5.74, 6) is 0. The molecule has 1 aliphatic rings. The molecular formula is C16H18N6O. The van der Waals surface area contributed by atoms with Crippen molar-refractivity contribution >= 4 is 16.7 Å². The van der Waals surface area contributed by atoms with Crippen molar-refractivity contribution in [2.24, 2.45) is 5.73 Å². The van der Waals surface area contributed by atoms with Gasteiger partial charge in [-0.1, -0.05) is 6.07 Å². The summed E-state index contributed by atoms with van der Waals surface area (Å²) in [6.07, 6.45) is 7.37. The number of anilines is 1. The van der Waals surface area contributed by atoms with E-state index in [1.165, 1.54) is 0 Å². The van der Waals surface area contributed by atoms with E-state index < -0.39 is 0 Å². The van der Waals surface area contributed by atoms with Gasteiger partial charge < -0.3 is 15.4 Å². The lowest BCUT2D eigenvalue weighted by atomic mass is 10.0. The van der Waals surface area contributed by atoms with E-state index in [2.05, 4.69) is 25.1 Å². The maximum atomic E-state index is 5.79. The first-order chi connectivity index (χ1) is 11.4. The number of nitrogens with zero attached hydrogens (tertiary/aromatic N) is 4. The van der Waals surface area contributed by atoms with Gasteiger partial charge in [0.25, 0.3) is 0 Å². The number of H-pyrrole nitrogens is 1. The van der Waals surface area contributed by atoms with E-state index in [1.807, 2.05) is 30.7 Å². The monoisotopic (exact) mass is 310 g/mol. The van der Waals surface area contributed by atoms with E-state index in [9.17, 15) is 0 Å². The van der Waals surface area contributed by atoms with Crippen LogP contribution >= 0.6 is 0 Å². The number of nitrogens with two attached hydrogens (primary N) is 1. The molecule has 0 spiro atoms. The molecule has 1 saturated heterocycles. The number of hydrogen-bond acceptors (Lipinski definition) is 6. The van der Waals surface area contributed by atoms with Gasteiger partial charge in [0.05, 0.1) is 30.0 Å². The van der Waals surface area contributed by atoms with Gasteiger partial charge >= 0.3 is 0 Å². The Balaban J connectivity index is 1.87. The van der Waals surface area contributed by atoms with E-state index in [0.717, 1.165) is 40.9 Å². The zero-order valence-electron chi connectivity index (χ0n) is 12.6. The standard InChI is InChI=1S/C16H18N6O/c17-6-12-10-22(4-5-23-12)15-13(11-2-1-3-18-7-11)8-19-16-14(15)9-20-21-16/h1-3,7-9,12H,4-6,10,17H2,(H,19,20,21). The van der Waals surface area contributed by atoms with E-state index in [1.54, 1.807) is 6.20 Å². The summed E-state index contributed by atoms with van der Waals surface area (Å²) >= 11 is 0. The van der Waals surface area contributed by atoms with Crippen molar-refractivity contribution < 1.29 is 4.74 Å². The molecular weight excluding hydrogens is 292 g/mol. The summed E-state index contributed by atoms with van der Waals surface area (Å²) in [7, 11) is 0. The maximum Gasteiger partial charge on any atom is 0.157 e. The van der Waals surface area contributed by atoms with Crippen LogP contribution in [-0.4, -0.2) is 52.5 Å². The Morgan fingerprint density at radius 2 is 2.30 bits per heavy atom. The van der Waals surface area contributed by atoms with Crippen LogP contribution in [-0.2, 0) is 4.74 Å². The van der Waals surface area contributed by atoms with Gasteiger partial charge in [-0.05, 0) is 6.07 Å². The topological polar surface area (TPSA) is 93.0 Å². The number of aromatic nitrogens is 4. The highest BCUT2D eigenvalue weighted by Crippen LogP contribution is 2.36. The average molecular weight is 310 g/mol. The fraction of sp³-hybridized carbons (Fsp3) is 0.312. The summed E-state index contributed by atoms with van der Waals surface area (Å²) in [6.45, 7) is 2.75. The molecule has 7 nitrogen and oxygen atoms in total. The molecule has 1 atom stereocenters. The Morgan fingerprint density at radius 3 is 3.13 bits per heavy atom. The van der Waals surface area contributed by atoms with Gasteiger partial charge in [-0.15, -0.1) is 0 Å². The second kappa shape index (κ2) is 5.94. The molecule has 1 aliphatic heterocycles. The van der Waals surface area contributed by atoms with Crippen LogP contribution in [0.4, 0.5) is 5.69 Å². The quantitative estimate of drug-likeness (QED) is 0.754. The molecule has 23 heavy (non-hydrogen) atoms. The third kappa shape index (κ3) is 2.54. The van der Waals surface area contributed by atoms with Crippen LogP contribution in [0.1, 0.15) is 0 Å². The van der Waals surface area contributed by atoms with E-state index in [-0.39, 0.29) is 6.10 Å². The van der Waals surface area contributed by atoms with Crippen molar-refractivity contribution in [2.45, 2.75) is 6.10 Å². The largest absolute Gasteiger partial charge is 0.373 e. The Hall–Kier alpha value is -2.51. The van der Waals surface area contributed by atoms with Crippen molar-refractivity contribution in [3.63, 3.8) is 0 Å². The first-order valence-electron chi connectivity index (χ1n) is 7.66. The van der Waals surface area contributed by atoms with Gasteiger partial charge in [0, 0.05) is 49.4 Å². The van der Waals surface area contributed by atoms with Gasteiger partial charge in [0.1, 0.15) is 0 Å². The van der Waals surface area contributed by atoms with E-state index >= 15 is 0 Å². The fourth-order valence-electron chi connectivity index (χ4n) is 3.03. The number of fused-ring (bicyclic) bond motifs is 1. The number of aromatic amines is 1. The van der Waals surface area contributed by atoms with Crippen molar-refractivity contribution in [1.82, 2.24) is 20.2 Å². The molecule has 1 fully saturated rings. The highest BCUT2D eigenvalue weighted by atomic mass is 16.5. The molecule has 3 aromatic rings. The molecule has 7 heteroatoms. The molecule has 0 saturated carbocycles. The van der Waals surface area contributed by atoms with Gasteiger partial charge in [-0.2, -0.15) is 5.10 Å². The van der Waals surface area contributed by atoms with E-state index in [4.69, 9.17) is 10.5 Å². The summed E-state index contributed by atoms with van der Waals surface area (Å²) in [6, 6.07) is 3.97. The molecule has 0 bridgehead atoms. The Morgan fingerprint density at radius 1 is 1.35 bits per heavy atom. The maximum absolute atomic E-state index is 5.79. The van der Waals surface area contributed by atoms with Gasteiger partial charge in [-0.3, -0.25) is 10.1 Å². The van der Waals surface area contributed by atoms with Crippen LogP contribution in [0, 0.1) is 0 Å². The predicted molar refractivity (Wildman–Crippen MR) is 88.1 cm³/mol. The summed E-state index contributed by atoms with van der Waals surface area (Å²) < 4.78 is 5.70. The lowest BCUT2D eigenvalue weighted by Gasteiger charge is -2.35. The Bertz CT molecular complexity index is 803. The molecule has 118 valence electrons. The molecule has 0 aliphatic carbocycles. The van der Waals surface area contributed by atoms with Crippen LogP contribution in [0.15, 0.2) is 36.9 Å². The van der Waals surface area contributed by atoms with Crippen LogP contribution in [0.3, 0.4) is 0 Å². The van der Waals surface area contributed by atoms with E-state index in [0.29, 0.717) is 13.2 Å². The third-order valence-corrected chi connectivity index (χ3v) is 4.14. The van der Waals surface area contributed by atoms with Crippen molar-refractivity contribution in [3.8, 4) is 11.1 Å². The number of pyridine rings is 2. The zero-order chi connectivity index (χ0) is 15.6. The number of ether oxygens (including phenoxy) is 1. The third-order valence-electron chi connectivity index (χ3n) is 4.14. The number of rotatable bonds is 3. The Kier molecular flexibility index (Phi) is 3.64. The summed E-state index contributed by atoms with van der Waals surface area (Å²) in [5.41, 5.74) is 9.77. The van der Waals surface area contributed by atoms with Gasteiger partial charge in [0.15, 0.2) is 5.65 Å². The SMILES string of the molecule is NCC1CN(c2c(-c3cccnc3)cnc3[nH]ncc23)CCO1. The predicted octanol–water partition coefficient (Wildman–Crippen LogP) is 1.18. The minimum absolute atomic E-state index is 0.0422. The average Bonchev–Trinajstić information content (AvgIpc) is 3.10. The molecule has 3 aromatic heterocycles. The first kappa shape index (κ1) is 14.1. The molecule has 0 amide bonds. The second-order valence-electron chi connectivity index (χ2n) is 5.57. The lowest BCUT2D eigenvalue weighted by Crippen LogP contribution is -2.46. The number of morpholine rings is 1. The zero-order valence-corrected chi connectivity index (χ0v) is 12.6. The summed E-state index contributed by atoms with van der Waals surface area (Å²) in [5, 5.41) is 8.09. The van der Waals surface area contributed by atoms with Crippen molar-refractivity contribution in [1.29, 1.82) is 0 Å². The van der Waals surface area contributed by atoms with Crippen molar-refractivity contribution in [3.05, 3.63) is 36.9 Å². The molecule has 4 rings (SSSR count). The molecule has 0 aromatic carbocycles. The fourth-order valence-corrected chi connectivity index (χ4v) is 3.03. The molecule has 4 heterocycles. The second-order valence-corrected chi connectivity index (χ2v) is 5.57. The lowest BCUT2D eigenvalue weighted by molar-refractivity contribution is 0.0467. The van der Waals surface area contributed by atoms with Crippen LogP contribution in [0.5, 0.6) is 0 Å². The van der Waals surface area contributed by atoms with Gasteiger partial charge in [-0.25, -0.2) is 4.98 Å². The number of nitrogens with one attached hydrogen (secondary N) is 1. The Labute approximate surface area is 133 Å². The van der Waals surface area contributed by atoms with Gasteiger partial charge in [0.2, 0.25) is 0 Å². The van der Waals surface area contributed by atoms with Crippen LogP contribution in [0.2, 0.25) is 0 Å². The number of hydrogen-bond donors (Lipinski definition) is 2. The highest BCUT2D eigenvalue weighted by Gasteiger charge is 2.24. The smallest absolute Gasteiger partial charge is 0.157 e. The molecule has 0 radical (unpaired) electrons. The van der Waals surface area contributed by atoms with Crippen molar-refractivity contribution in [2.75, 3.05) is 31.1 Å². The minimum atomic E-state index is 0.0422. The van der Waals surface area contributed by atoms with Crippen LogP contribution < -0.4 is 10.6 Å². The molecule has 1 unspecified atom stereocenters. The normalized spacial score (nSPS) is 18.5. The minimum Gasteiger partial charge on any atom is -0.373 e.